The fourth-order valence-electron chi connectivity index (χ4n) is 3.05. The Kier molecular flexibility index (Phi) is 4.92. The summed E-state index contributed by atoms with van der Waals surface area (Å²) in [6, 6.07) is 10.5. The van der Waals surface area contributed by atoms with Gasteiger partial charge in [-0.05, 0) is 12.0 Å². The first-order valence-corrected chi connectivity index (χ1v) is 9.35. The van der Waals surface area contributed by atoms with Gasteiger partial charge in [0.25, 0.3) is 0 Å². The van der Waals surface area contributed by atoms with E-state index in [2.05, 4.69) is 34.1 Å². The zero-order valence-electron chi connectivity index (χ0n) is 16.0. The van der Waals surface area contributed by atoms with Gasteiger partial charge >= 0.3 is 6.01 Å². The van der Waals surface area contributed by atoms with Crippen LogP contribution in [0.3, 0.4) is 0 Å². The van der Waals surface area contributed by atoms with Gasteiger partial charge in [-0.25, -0.2) is 4.98 Å². The van der Waals surface area contributed by atoms with E-state index in [1.165, 1.54) is 0 Å². The summed E-state index contributed by atoms with van der Waals surface area (Å²) in [7, 11) is 1.88. The third-order valence-electron chi connectivity index (χ3n) is 4.48. The fourth-order valence-corrected chi connectivity index (χ4v) is 3.05. The Morgan fingerprint density at radius 3 is 2.64 bits per heavy atom. The van der Waals surface area contributed by atoms with E-state index < -0.39 is 0 Å². The number of fused-ring (bicyclic) bond motifs is 1. The summed E-state index contributed by atoms with van der Waals surface area (Å²) in [6.07, 6.45) is 5.68. The minimum Gasteiger partial charge on any atom is -0.463 e. The van der Waals surface area contributed by atoms with Crippen molar-refractivity contribution in [3.63, 3.8) is 0 Å². The van der Waals surface area contributed by atoms with Crippen LogP contribution >= 0.6 is 0 Å². The van der Waals surface area contributed by atoms with Crippen LogP contribution in [0.4, 0.5) is 5.82 Å². The van der Waals surface area contributed by atoms with Gasteiger partial charge < -0.3 is 15.0 Å². The molecular formula is C20H23N7O. The van der Waals surface area contributed by atoms with E-state index >= 15 is 0 Å². The average Bonchev–Trinajstić information content (AvgIpc) is 3.27. The number of nitrogen functional groups attached to an aromatic ring is 1. The van der Waals surface area contributed by atoms with Gasteiger partial charge in [0.15, 0.2) is 17.0 Å². The number of nitrogens with two attached hydrogens (primary N) is 1. The predicted octanol–water partition coefficient (Wildman–Crippen LogP) is 3.04. The van der Waals surface area contributed by atoms with Crippen LogP contribution in [0.15, 0.2) is 42.7 Å². The minimum absolute atomic E-state index is 0.283. The molecule has 0 bridgehead atoms. The maximum Gasteiger partial charge on any atom is 0.320 e. The number of benzene rings is 1. The second-order valence-corrected chi connectivity index (χ2v) is 6.68. The molecule has 0 aliphatic carbocycles. The molecule has 8 nitrogen and oxygen atoms in total. The van der Waals surface area contributed by atoms with Crippen LogP contribution in [0.1, 0.15) is 25.3 Å². The third kappa shape index (κ3) is 3.53. The summed E-state index contributed by atoms with van der Waals surface area (Å²) in [5.74, 6) is 1.06. The number of hydrogen-bond acceptors (Lipinski definition) is 6. The molecule has 0 spiro atoms. The van der Waals surface area contributed by atoms with Crippen molar-refractivity contribution in [1.82, 2.24) is 29.3 Å². The first kappa shape index (κ1) is 18.0. The summed E-state index contributed by atoms with van der Waals surface area (Å²) < 4.78 is 9.48. The number of hydrogen-bond donors (Lipinski definition) is 1. The molecule has 2 N–H and O–H groups in total. The van der Waals surface area contributed by atoms with Crippen molar-refractivity contribution < 1.29 is 4.74 Å². The fraction of sp³-hybridized carbons (Fsp3) is 0.300. The standard InChI is InChI=1S/C20H23N7O/c1-3-4-10-28-20-24-17(21)16-19(25-20)27(12-14-8-6-5-7-9-14)18(23-16)15-11-22-26(2)13-15/h5-9,11,13H,3-4,10,12H2,1-2H3,(H2,21,24,25). The summed E-state index contributed by atoms with van der Waals surface area (Å²) >= 11 is 0. The molecule has 0 atom stereocenters. The molecule has 0 aliphatic heterocycles. The predicted molar refractivity (Wildman–Crippen MR) is 108 cm³/mol. The Labute approximate surface area is 163 Å². The highest BCUT2D eigenvalue weighted by Crippen LogP contribution is 2.28. The van der Waals surface area contributed by atoms with Crippen molar-refractivity contribution in [2.24, 2.45) is 7.05 Å². The van der Waals surface area contributed by atoms with Crippen molar-refractivity contribution in [1.29, 1.82) is 0 Å². The van der Waals surface area contributed by atoms with Gasteiger partial charge in [0.2, 0.25) is 0 Å². The van der Waals surface area contributed by atoms with Crippen LogP contribution in [-0.4, -0.2) is 35.9 Å². The van der Waals surface area contributed by atoms with Crippen LogP contribution in [0.2, 0.25) is 0 Å². The van der Waals surface area contributed by atoms with Gasteiger partial charge in [-0.3, -0.25) is 4.68 Å². The molecular weight excluding hydrogens is 354 g/mol. The van der Waals surface area contributed by atoms with E-state index in [-0.39, 0.29) is 6.01 Å². The normalized spacial score (nSPS) is 11.2. The minimum atomic E-state index is 0.283. The number of aromatic nitrogens is 6. The van der Waals surface area contributed by atoms with Crippen molar-refractivity contribution >= 4 is 17.0 Å². The van der Waals surface area contributed by atoms with Crippen LogP contribution in [0.5, 0.6) is 6.01 Å². The second kappa shape index (κ2) is 7.67. The monoisotopic (exact) mass is 377 g/mol. The van der Waals surface area contributed by atoms with Crippen LogP contribution in [-0.2, 0) is 13.6 Å². The summed E-state index contributed by atoms with van der Waals surface area (Å²) in [5.41, 5.74) is 9.44. The molecule has 28 heavy (non-hydrogen) atoms. The SMILES string of the molecule is CCCCOc1nc(N)c2nc(-c3cnn(C)c3)n(Cc3ccccc3)c2n1. The quantitative estimate of drug-likeness (QED) is 0.497. The lowest BCUT2D eigenvalue weighted by molar-refractivity contribution is 0.286. The number of imidazole rings is 1. The molecule has 4 rings (SSSR count). The molecule has 0 unspecified atom stereocenters. The molecule has 0 amide bonds. The Bertz CT molecular complexity index is 1080. The number of anilines is 1. The molecule has 0 radical (unpaired) electrons. The molecule has 3 aromatic heterocycles. The maximum atomic E-state index is 6.19. The lowest BCUT2D eigenvalue weighted by atomic mass is 10.2. The molecule has 4 aromatic rings. The zero-order valence-corrected chi connectivity index (χ0v) is 16.0. The molecule has 3 heterocycles. The van der Waals surface area contributed by atoms with Crippen molar-refractivity contribution in [2.75, 3.05) is 12.3 Å². The lowest BCUT2D eigenvalue weighted by Crippen LogP contribution is -2.06. The molecule has 0 aliphatic rings. The molecule has 144 valence electrons. The van der Waals surface area contributed by atoms with E-state index in [1.807, 2.05) is 36.0 Å². The highest BCUT2D eigenvalue weighted by Gasteiger charge is 2.19. The van der Waals surface area contributed by atoms with E-state index in [0.29, 0.717) is 30.1 Å². The van der Waals surface area contributed by atoms with E-state index in [0.717, 1.165) is 29.8 Å². The van der Waals surface area contributed by atoms with Gasteiger partial charge in [0.05, 0.1) is 24.9 Å². The Hall–Kier alpha value is -3.42. The van der Waals surface area contributed by atoms with Gasteiger partial charge in [-0.1, -0.05) is 43.7 Å². The number of ether oxygens (including phenoxy) is 1. The summed E-state index contributed by atoms with van der Waals surface area (Å²) in [6.45, 7) is 3.27. The van der Waals surface area contributed by atoms with Crippen molar-refractivity contribution in [3.05, 3.63) is 48.3 Å². The van der Waals surface area contributed by atoms with Gasteiger partial charge in [0.1, 0.15) is 5.82 Å². The largest absolute Gasteiger partial charge is 0.463 e. The average molecular weight is 377 g/mol. The molecule has 0 saturated carbocycles. The molecule has 1 aromatic carbocycles. The number of nitrogens with zero attached hydrogens (tertiary/aromatic N) is 6. The lowest BCUT2D eigenvalue weighted by Gasteiger charge is -2.09. The van der Waals surface area contributed by atoms with Gasteiger partial charge in [-0.2, -0.15) is 15.1 Å². The first-order valence-electron chi connectivity index (χ1n) is 9.35. The van der Waals surface area contributed by atoms with Gasteiger partial charge in [-0.15, -0.1) is 0 Å². The van der Waals surface area contributed by atoms with E-state index in [9.17, 15) is 0 Å². The van der Waals surface area contributed by atoms with E-state index in [1.54, 1.807) is 10.9 Å². The smallest absolute Gasteiger partial charge is 0.320 e. The summed E-state index contributed by atoms with van der Waals surface area (Å²) in [5, 5.41) is 4.27. The summed E-state index contributed by atoms with van der Waals surface area (Å²) in [4.78, 5) is 13.6. The Balaban J connectivity index is 1.84. The highest BCUT2D eigenvalue weighted by atomic mass is 16.5. The number of rotatable bonds is 7. The number of unbranched alkanes of at least 4 members (excludes halogenated alkanes) is 1. The number of aryl methyl sites for hydroxylation is 1. The van der Waals surface area contributed by atoms with Crippen LogP contribution < -0.4 is 10.5 Å². The maximum absolute atomic E-state index is 6.19. The Morgan fingerprint density at radius 2 is 1.93 bits per heavy atom. The molecule has 0 fully saturated rings. The van der Waals surface area contributed by atoms with Crippen molar-refractivity contribution in [2.45, 2.75) is 26.3 Å². The van der Waals surface area contributed by atoms with Crippen LogP contribution in [0, 0.1) is 0 Å². The van der Waals surface area contributed by atoms with Crippen molar-refractivity contribution in [3.8, 4) is 17.4 Å². The topological polar surface area (TPSA) is 96.7 Å². The second-order valence-electron chi connectivity index (χ2n) is 6.68. The van der Waals surface area contributed by atoms with E-state index in [4.69, 9.17) is 15.5 Å². The molecule has 0 saturated heterocycles. The van der Waals surface area contributed by atoms with Gasteiger partial charge in [0, 0.05) is 13.2 Å². The third-order valence-corrected chi connectivity index (χ3v) is 4.48. The molecule has 8 heteroatoms. The van der Waals surface area contributed by atoms with Crippen LogP contribution in [0.25, 0.3) is 22.6 Å². The first-order chi connectivity index (χ1) is 13.7. The zero-order chi connectivity index (χ0) is 19.5. The Morgan fingerprint density at radius 1 is 1.11 bits per heavy atom. The highest BCUT2D eigenvalue weighted by molar-refractivity contribution is 5.85.